The number of likely N-dealkylation sites (tertiary alicyclic amines) is 1. The van der Waals surface area contributed by atoms with Gasteiger partial charge in [-0.05, 0) is 25.0 Å². The highest BCUT2D eigenvalue weighted by Gasteiger charge is 2.45. The summed E-state index contributed by atoms with van der Waals surface area (Å²) in [7, 11) is 0. The Morgan fingerprint density at radius 2 is 2.35 bits per heavy atom. The van der Waals surface area contributed by atoms with E-state index in [1.165, 1.54) is 0 Å². The maximum atomic E-state index is 12.0. The number of rotatable bonds is 5. The number of amides is 2. The van der Waals surface area contributed by atoms with Crippen LogP contribution in [0.1, 0.15) is 31.9 Å². The van der Waals surface area contributed by atoms with Crippen molar-refractivity contribution in [2.45, 2.75) is 32.7 Å². The second-order valence-corrected chi connectivity index (χ2v) is 5.25. The second-order valence-electron chi connectivity index (χ2n) is 5.25. The lowest BCUT2D eigenvalue weighted by Crippen LogP contribution is -2.41. The number of hydrogen-bond donors (Lipinski definition) is 2. The summed E-state index contributed by atoms with van der Waals surface area (Å²) in [6.45, 7) is 3.04. The number of urea groups is 1. The zero-order valence-corrected chi connectivity index (χ0v) is 11.6. The summed E-state index contributed by atoms with van der Waals surface area (Å²) < 4.78 is 5.14. The van der Waals surface area contributed by atoms with Crippen molar-refractivity contribution in [3.05, 3.63) is 24.2 Å². The van der Waals surface area contributed by atoms with E-state index in [9.17, 15) is 14.7 Å². The Kier molecular flexibility index (Phi) is 4.32. The minimum Gasteiger partial charge on any atom is -0.481 e. The lowest BCUT2D eigenvalue weighted by Gasteiger charge is -2.24. The molecule has 0 radical (unpaired) electrons. The monoisotopic (exact) mass is 280 g/mol. The van der Waals surface area contributed by atoms with Crippen molar-refractivity contribution in [2.24, 2.45) is 5.41 Å². The largest absolute Gasteiger partial charge is 0.481 e. The van der Waals surface area contributed by atoms with E-state index in [1.807, 2.05) is 6.92 Å². The predicted molar refractivity (Wildman–Crippen MR) is 72.1 cm³/mol. The lowest BCUT2D eigenvalue weighted by molar-refractivity contribution is -0.148. The zero-order valence-electron chi connectivity index (χ0n) is 11.6. The summed E-state index contributed by atoms with van der Waals surface area (Å²) in [5, 5.41) is 12.1. The maximum Gasteiger partial charge on any atom is 0.317 e. The van der Waals surface area contributed by atoms with Gasteiger partial charge in [0.1, 0.15) is 5.76 Å². The van der Waals surface area contributed by atoms with E-state index in [4.69, 9.17) is 4.42 Å². The number of hydrogen-bond acceptors (Lipinski definition) is 3. The van der Waals surface area contributed by atoms with Gasteiger partial charge < -0.3 is 19.7 Å². The molecule has 1 aromatic rings. The Balaban J connectivity index is 1.90. The fourth-order valence-corrected chi connectivity index (χ4v) is 2.70. The summed E-state index contributed by atoms with van der Waals surface area (Å²) >= 11 is 0. The molecule has 0 saturated carbocycles. The number of carboxylic acids is 1. The average Bonchev–Trinajstić information content (AvgIpc) is 3.06. The van der Waals surface area contributed by atoms with Crippen molar-refractivity contribution in [3.8, 4) is 0 Å². The van der Waals surface area contributed by atoms with Crippen molar-refractivity contribution in [1.29, 1.82) is 0 Å². The molecule has 1 aliphatic heterocycles. The molecule has 1 aromatic heterocycles. The fraction of sp³-hybridized carbons (Fsp3) is 0.571. The van der Waals surface area contributed by atoms with Crippen LogP contribution >= 0.6 is 0 Å². The van der Waals surface area contributed by atoms with Crippen LogP contribution in [0.15, 0.2) is 22.8 Å². The van der Waals surface area contributed by atoms with Crippen LogP contribution in [-0.4, -0.2) is 35.1 Å². The Labute approximate surface area is 117 Å². The van der Waals surface area contributed by atoms with E-state index in [0.29, 0.717) is 31.7 Å². The molecule has 0 bridgehead atoms. The SMILES string of the molecule is CCCC1(C(=O)O)CCN(C(=O)NCc2ccco2)C1. The molecule has 1 fully saturated rings. The molecule has 6 nitrogen and oxygen atoms in total. The van der Waals surface area contributed by atoms with E-state index in [-0.39, 0.29) is 12.6 Å². The molecule has 1 saturated heterocycles. The van der Waals surface area contributed by atoms with Gasteiger partial charge in [-0.25, -0.2) is 4.79 Å². The molecular weight excluding hydrogens is 260 g/mol. The fourth-order valence-electron chi connectivity index (χ4n) is 2.70. The van der Waals surface area contributed by atoms with Gasteiger partial charge in [-0.1, -0.05) is 13.3 Å². The first kappa shape index (κ1) is 14.4. The molecule has 1 unspecified atom stereocenters. The van der Waals surface area contributed by atoms with Crippen LogP contribution in [0, 0.1) is 5.41 Å². The average molecular weight is 280 g/mol. The summed E-state index contributed by atoms with van der Waals surface area (Å²) in [6.07, 6.45) is 3.47. The Morgan fingerprint density at radius 1 is 1.55 bits per heavy atom. The number of carboxylic acid groups (broad SMARTS) is 1. The van der Waals surface area contributed by atoms with Crippen LogP contribution in [0.3, 0.4) is 0 Å². The van der Waals surface area contributed by atoms with Crippen LogP contribution < -0.4 is 5.32 Å². The standard InChI is InChI=1S/C14H20N2O4/c1-2-5-14(12(17)18)6-7-16(10-14)13(19)15-9-11-4-3-8-20-11/h3-4,8H,2,5-7,9-10H2,1H3,(H,15,19)(H,17,18). The normalized spacial score (nSPS) is 21.9. The number of aliphatic carboxylic acids is 1. The smallest absolute Gasteiger partial charge is 0.317 e. The minimum atomic E-state index is -0.805. The van der Waals surface area contributed by atoms with Gasteiger partial charge in [0.05, 0.1) is 18.2 Å². The minimum absolute atomic E-state index is 0.236. The quantitative estimate of drug-likeness (QED) is 0.865. The highest BCUT2D eigenvalue weighted by atomic mass is 16.4. The highest BCUT2D eigenvalue weighted by Crippen LogP contribution is 2.35. The number of nitrogens with one attached hydrogen (secondary N) is 1. The van der Waals surface area contributed by atoms with Gasteiger partial charge in [0.2, 0.25) is 0 Å². The molecule has 2 heterocycles. The zero-order chi connectivity index (χ0) is 14.6. The van der Waals surface area contributed by atoms with Crippen LogP contribution in [0.2, 0.25) is 0 Å². The first-order valence-corrected chi connectivity index (χ1v) is 6.86. The van der Waals surface area contributed by atoms with E-state index in [1.54, 1.807) is 23.3 Å². The Bertz CT molecular complexity index is 472. The Hall–Kier alpha value is -1.98. The van der Waals surface area contributed by atoms with Gasteiger partial charge in [-0.15, -0.1) is 0 Å². The third kappa shape index (κ3) is 2.95. The molecule has 0 aliphatic carbocycles. The molecule has 2 N–H and O–H groups in total. The summed E-state index contributed by atoms with van der Waals surface area (Å²) in [6, 6.07) is 3.30. The van der Waals surface area contributed by atoms with E-state index < -0.39 is 11.4 Å². The van der Waals surface area contributed by atoms with Gasteiger partial charge in [-0.3, -0.25) is 4.79 Å². The van der Waals surface area contributed by atoms with Gasteiger partial charge in [-0.2, -0.15) is 0 Å². The maximum absolute atomic E-state index is 12.0. The van der Waals surface area contributed by atoms with Gasteiger partial charge >= 0.3 is 12.0 Å². The van der Waals surface area contributed by atoms with Crippen LogP contribution in [0.4, 0.5) is 4.79 Å². The first-order chi connectivity index (χ1) is 9.57. The van der Waals surface area contributed by atoms with E-state index in [2.05, 4.69) is 5.32 Å². The molecular formula is C14H20N2O4. The molecule has 1 atom stereocenters. The molecule has 110 valence electrons. The molecule has 0 spiro atoms. The molecule has 20 heavy (non-hydrogen) atoms. The predicted octanol–water partition coefficient (Wildman–Crippen LogP) is 2.07. The lowest BCUT2D eigenvalue weighted by atomic mass is 9.83. The number of carbonyl (C=O) groups excluding carboxylic acids is 1. The highest BCUT2D eigenvalue weighted by molar-refractivity contribution is 5.79. The van der Waals surface area contributed by atoms with Crippen molar-refractivity contribution in [3.63, 3.8) is 0 Å². The van der Waals surface area contributed by atoms with Gasteiger partial charge in [0.15, 0.2) is 0 Å². The molecule has 1 aliphatic rings. The molecule has 6 heteroatoms. The molecule has 2 rings (SSSR count). The summed E-state index contributed by atoms with van der Waals surface area (Å²) in [5.74, 6) is -0.128. The van der Waals surface area contributed by atoms with Crippen molar-refractivity contribution in [1.82, 2.24) is 10.2 Å². The van der Waals surface area contributed by atoms with Crippen LogP contribution in [0.25, 0.3) is 0 Å². The van der Waals surface area contributed by atoms with E-state index in [0.717, 1.165) is 6.42 Å². The third-order valence-corrected chi connectivity index (χ3v) is 3.82. The van der Waals surface area contributed by atoms with Crippen molar-refractivity contribution < 1.29 is 19.1 Å². The van der Waals surface area contributed by atoms with Crippen LogP contribution in [0.5, 0.6) is 0 Å². The molecule has 0 aromatic carbocycles. The number of carbonyl (C=O) groups is 2. The van der Waals surface area contributed by atoms with Crippen LogP contribution in [-0.2, 0) is 11.3 Å². The number of nitrogens with zero attached hydrogens (tertiary/aromatic N) is 1. The first-order valence-electron chi connectivity index (χ1n) is 6.86. The Morgan fingerprint density at radius 3 is 2.95 bits per heavy atom. The van der Waals surface area contributed by atoms with Crippen molar-refractivity contribution in [2.75, 3.05) is 13.1 Å². The van der Waals surface area contributed by atoms with Gasteiger partial charge in [0.25, 0.3) is 0 Å². The van der Waals surface area contributed by atoms with Crippen molar-refractivity contribution >= 4 is 12.0 Å². The second kappa shape index (κ2) is 5.98. The topological polar surface area (TPSA) is 82.8 Å². The van der Waals surface area contributed by atoms with Gasteiger partial charge in [0, 0.05) is 13.1 Å². The molecule has 2 amide bonds. The van der Waals surface area contributed by atoms with E-state index >= 15 is 0 Å². The summed E-state index contributed by atoms with van der Waals surface area (Å²) in [4.78, 5) is 25.1. The number of furan rings is 1. The summed E-state index contributed by atoms with van der Waals surface area (Å²) in [5.41, 5.74) is -0.781. The third-order valence-electron chi connectivity index (χ3n) is 3.82.